The number of amides is 2. The molecule has 1 saturated carbocycles. The summed E-state index contributed by atoms with van der Waals surface area (Å²) in [6, 6.07) is 0.357. The van der Waals surface area contributed by atoms with E-state index in [2.05, 4.69) is 15.6 Å². The van der Waals surface area contributed by atoms with Gasteiger partial charge in [0.25, 0.3) is 5.91 Å². The van der Waals surface area contributed by atoms with Gasteiger partial charge in [0.1, 0.15) is 5.69 Å². The van der Waals surface area contributed by atoms with Gasteiger partial charge in [-0.15, -0.1) is 0 Å². The third kappa shape index (κ3) is 4.36. The summed E-state index contributed by atoms with van der Waals surface area (Å²) in [4.78, 5) is 27.1. The van der Waals surface area contributed by atoms with Gasteiger partial charge in [0, 0.05) is 38.3 Å². The smallest absolute Gasteiger partial charge is 0.271 e. The topological polar surface area (TPSA) is 102 Å². The van der Waals surface area contributed by atoms with Crippen molar-refractivity contribution >= 4 is 11.8 Å². The minimum atomic E-state index is -0.269. The maximum absolute atomic E-state index is 11.7. The Morgan fingerprint density at radius 3 is 2.95 bits per heavy atom. The molecule has 19 heavy (non-hydrogen) atoms. The van der Waals surface area contributed by atoms with Crippen LogP contribution in [0.1, 0.15) is 29.8 Å². The molecule has 0 atom stereocenters. The molecule has 7 nitrogen and oxygen atoms in total. The largest absolute Gasteiger partial charge is 0.353 e. The molecule has 104 valence electrons. The fourth-order valence-electron chi connectivity index (χ4n) is 1.66. The summed E-state index contributed by atoms with van der Waals surface area (Å²) >= 11 is 0. The first-order chi connectivity index (χ1) is 9.19. The average Bonchev–Trinajstić information content (AvgIpc) is 3.05. The lowest BCUT2D eigenvalue weighted by molar-refractivity contribution is -0.121. The highest BCUT2D eigenvalue weighted by atomic mass is 16.2. The van der Waals surface area contributed by atoms with E-state index in [1.807, 2.05) is 0 Å². The van der Waals surface area contributed by atoms with Gasteiger partial charge in [0.2, 0.25) is 5.91 Å². The van der Waals surface area contributed by atoms with Gasteiger partial charge in [-0.2, -0.15) is 0 Å². The molecule has 0 saturated heterocycles. The number of nitrogens with one attached hydrogen (secondary N) is 2. The van der Waals surface area contributed by atoms with Crippen LogP contribution in [0.4, 0.5) is 0 Å². The molecule has 1 aliphatic rings. The zero-order chi connectivity index (χ0) is 13.7. The SMILES string of the molecule is NCCn1cnc(C(=O)NCCC(=O)NC2CC2)c1. The van der Waals surface area contributed by atoms with E-state index < -0.39 is 0 Å². The predicted molar refractivity (Wildman–Crippen MR) is 69.4 cm³/mol. The van der Waals surface area contributed by atoms with Crippen molar-refractivity contribution in [1.29, 1.82) is 0 Å². The second-order valence-corrected chi connectivity index (χ2v) is 4.63. The minimum Gasteiger partial charge on any atom is -0.353 e. The van der Waals surface area contributed by atoms with Gasteiger partial charge < -0.3 is 20.9 Å². The molecule has 0 aromatic carbocycles. The molecule has 2 amide bonds. The Kier molecular flexibility index (Phi) is 4.51. The maximum Gasteiger partial charge on any atom is 0.271 e. The molecule has 0 bridgehead atoms. The van der Waals surface area contributed by atoms with E-state index in [1.165, 1.54) is 0 Å². The van der Waals surface area contributed by atoms with E-state index in [1.54, 1.807) is 17.1 Å². The van der Waals surface area contributed by atoms with Crippen molar-refractivity contribution in [3.8, 4) is 0 Å². The van der Waals surface area contributed by atoms with E-state index in [4.69, 9.17) is 5.73 Å². The minimum absolute atomic E-state index is 0.0172. The summed E-state index contributed by atoms with van der Waals surface area (Å²) in [5.41, 5.74) is 5.75. The summed E-state index contributed by atoms with van der Waals surface area (Å²) in [7, 11) is 0. The molecule has 2 rings (SSSR count). The highest BCUT2D eigenvalue weighted by molar-refractivity contribution is 5.92. The van der Waals surface area contributed by atoms with E-state index in [-0.39, 0.29) is 11.8 Å². The quantitative estimate of drug-likeness (QED) is 0.603. The Labute approximate surface area is 111 Å². The molecule has 1 aromatic rings. The molecule has 0 spiro atoms. The standard InChI is InChI=1S/C12H19N5O2/c13-4-6-17-7-10(15-8-17)12(19)14-5-3-11(18)16-9-1-2-9/h7-9H,1-6,13H2,(H,14,19)(H,16,18). The van der Waals surface area contributed by atoms with Crippen LogP contribution in [0.25, 0.3) is 0 Å². The molecule has 7 heteroatoms. The highest BCUT2D eigenvalue weighted by Crippen LogP contribution is 2.18. The summed E-state index contributed by atoms with van der Waals surface area (Å²) in [5.74, 6) is -0.286. The first kappa shape index (κ1) is 13.5. The number of nitrogens with zero attached hydrogens (tertiary/aromatic N) is 2. The summed E-state index contributed by atoms with van der Waals surface area (Å²) in [6.45, 7) is 1.45. The van der Waals surface area contributed by atoms with Crippen LogP contribution in [0.15, 0.2) is 12.5 Å². The normalized spacial score (nSPS) is 14.2. The molecule has 0 unspecified atom stereocenters. The second-order valence-electron chi connectivity index (χ2n) is 4.63. The molecule has 1 aliphatic carbocycles. The van der Waals surface area contributed by atoms with Crippen molar-refractivity contribution in [1.82, 2.24) is 20.2 Å². The predicted octanol–water partition coefficient (Wildman–Crippen LogP) is -0.760. The number of carbonyl (C=O) groups is 2. The van der Waals surface area contributed by atoms with E-state index >= 15 is 0 Å². The van der Waals surface area contributed by atoms with Crippen LogP contribution in [0, 0.1) is 0 Å². The fraction of sp³-hybridized carbons (Fsp3) is 0.583. The van der Waals surface area contributed by atoms with Gasteiger partial charge in [-0.3, -0.25) is 9.59 Å². The van der Waals surface area contributed by atoms with E-state index in [9.17, 15) is 9.59 Å². The van der Waals surface area contributed by atoms with Crippen LogP contribution >= 0.6 is 0 Å². The number of aromatic nitrogens is 2. The van der Waals surface area contributed by atoms with Gasteiger partial charge in [0.05, 0.1) is 6.33 Å². The number of hydrogen-bond acceptors (Lipinski definition) is 4. The second kappa shape index (κ2) is 6.33. The van der Waals surface area contributed by atoms with Crippen LogP contribution in [-0.4, -0.2) is 40.5 Å². The number of carbonyl (C=O) groups excluding carboxylic acids is 2. The Morgan fingerprint density at radius 1 is 1.47 bits per heavy atom. The van der Waals surface area contributed by atoms with Crippen LogP contribution in [0.2, 0.25) is 0 Å². The molecule has 1 fully saturated rings. The zero-order valence-corrected chi connectivity index (χ0v) is 10.8. The third-order valence-electron chi connectivity index (χ3n) is 2.83. The van der Waals surface area contributed by atoms with Gasteiger partial charge in [0.15, 0.2) is 0 Å². The number of nitrogens with two attached hydrogens (primary N) is 1. The van der Waals surface area contributed by atoms with Gasteiger partial charge in [-0.25, -0.2) is 4.98 Å². The maximum atomic E-state index is 11.7. The lowest BCUT2D eigenvalue weighted by Crippen LogP contribution is -2.31. The molecule has 0 aliphatic heterocycles. The molecular formula is C12H19N5O2. The summed E-state index contributed by atoms with van der Waals surface area (Å²) in [5, 5.41) is 5.54. The van der Waals surface area contributed by atoms with Crippen molar-refractivity contribution in [2.75, 3.05) is 13.1 Å². The summed E-state index contributed by atoms with van der Waals surface area (Å²) in [6.07, 6.45) is 5.65. The third-order valence-corrected chi connectivity index (χ3v) is 2.83. The van der Waals surface area contributed by atoms with Gasteiger partial charge >= 0.3 is 0 Å². The summed E-state index contributed by atoms with van der Waals surface area (Å²) < 4.78 is 1.76. The zero-order valence-electron chi connectivity index (χ0n) is 10.8. The Hall–Kier alpha value is -1.89. The van der Waals surface area contributed by atoms with Crippen LogP contribution in [-0.2, 0) is 11.3 Å². The lowest BCUT2D eigenvalue weighted by Gasteiger charge is -2.04. The van der Waals surface area contributed by atoms with Gasteiger partial charge in [-0.05, 0) is 12.8 Å². The number of hydrogen-bond donors (Lipinski definition) is 3. The molecule has 0 radical (unpaired) electrons. The monoisotopic (exact) mass is 265 g/mol. The molecular weight excluding hydrogens is 246 g/mol. The lowest BCUT2D eigenvalue weighted by atomic mass is 10.3. The van der Waals surface area contributed by atoms with Crippen LogP contribution in [0.3, 0.4) is 0 Å². The molecule has 1 heterocycles. The highest BCUT2D eigenvalue weighted by Gasteiger charge is 2.22. The van der Waals surface area contributed by atoms with E-state index in [0.29, 0.717) is 37.8 Å². The van der Waals surface area contributed by atoms with Gasteiger partial charge in [-0.1, -0.05) is 0 Å². The van der Waals surface area contributed by atoms with Crippen molar-refractivity contribution in [2.45, 2.75) is 31.8 Å². The Balaban J connectivity index is 1.69. The Morgan fingerprint density at radius 2 is 2.26 bits per heavy atom. The molecule has 1 aromatic heterocycles. The average molecular weight is 265 g/mol. The number of rotatable bonds is 7. The number of imidazole rings is 1. The van der Waals surface area contributed by atoms with Crippen LogP contribution in [0.5, 0.6) is 0 Å². The van der Waals surface area contributed by atoms with E-state index in [0.717, 1.165) is 12.8 Å². The van der Waals surface area contributed by atoms with Crippen molar-refractivity contribution in [3.05, 3.63) is 18.2 Å². The Bertz CT molecular complexity index is 453. The molecule has 4 N–H and O–H groups in total. The van der Waals surface area contributed by atoms with Crippen molar-refractivity contribution < 1.29 is 9.59 Å². The fourth-order valence-corrected chi connectivity index (χ4v) is 1.66. The van der Waals surface area contributed by atoms with Crippen LogP contribution < -0.4 is 16.4 Å². The first-order valence-electron chi connectivity index (χ1n) is 6.48. The first-order valence-corrected chi connectivity index (χ1v) is 6.48. The van der Waals surface area contributed by atoms with Crippen molar-refractivity contribution in [2.24, 2.45) is 5.73 Å². The van der Waals surface area contributed by atoms with Crippen molar-refractivity contribution in [3.63, 3.8) is 0 Å².